The molecule has 2 aliphatic heterocycles. The lowest BCUT2D eigenvalue weighted by atomic mass is 9.33. The zero-order valence-corrected chi connectivity index (χ0v) is 56.8. The minimum atomic E-state index is -0.482. The molecule has 97 heavy (non-hydrogen) atoms. The molecule has 0 unspecified atom stereocenters. The molecule has 17 rings (SSSR count). The van der Waals surface area contributed by atoms with Crippen molar-refractivity contribution in [3.8, 4) is 55.9 Å². The molecule has 0 fully saturated rings. The van der Waals surface area contributed by atoms with Gasteiger partial charge in [0.2, 0.25) is 0 Å². The molecule has 0 aliphatic carbocycles. The molecule has 0 saturated heterocycles. The Morgan fingerprint density at radius 1 is 0.299 bits per heavy atom. The van der Waals surface area contributed by atoms with Crippen LogP contribution >= 0.6 is 0 Å². The number of fused-ring (bicyclic) bond motifs is 10. The van der Waals surface area contributed by atoms with E-state index in [1.165, 1.54) is 0 Å². The Hall–Kier alpha value is -10.9. The molecule has 4 heterocycles. The van der Waals surface area contributed by atoms with Gasteiger partial charge in [-0.3, -0.25) is 0 Å². The average Bonchev–Trinajstić information content (AvgIpc) is 1.01. The lowest BCUT2D eigenvalue weighted by Gasteiger charge is -2.47. The quantitative estimate of drug-likeness (QED) is 0.141. The van der Waals surface area contributed by atoms with Gasteiger partial charge in [0.1, 0.15) is 0 Å². The third-order valence-electron chi connectivity index (χ3n) is 20.6. The van der Waals surface area contributed by atoms with Crippen molar-refractivity contribution in [3.63, 3.8) is 0 Å². The van der Waals surface area contributed by atoms with Crippen molar-refractivity contribution in [3.05, 3.63) is 307 Å². The van der Waals surface area contributed by atoms with Crippen LogP contribution in [0, 0.1) is 13.8 Å². The highest BCUT2D eigenvalue weighted by molar-refractivity contribution is 7.00. The Kier molecular flexibility index (Phi) is 11.9. The number of aromatic nitrogens is 2. The van der Waals surface area contributed by atoms with E-state index in [0.717, 1.165) is 156 Å². The van der Waals surface area contributed by atoms with Crippen molar-refractivity contribution in [1.82, 2.24) is 9.13 Å². The van der Waals surface area contributed by atoms with Gasteiger partial charge in [-0.25, -0.2) is 0 Å². The second-order valence-electron chi connectivity index (χ2n) is 29.5. The highest BCUT2D eigenvalue weighted by atomic mass is 15.2. The summed E-state index contributed by atoms with van der Waals surface area (Å²) in [4.78, 5) is 5.10. The minimum absolute atomic E-state index is 0.0863. The van der Waals surface area contributed by atoms with E-state index in [1.807, 2.05) is 0 Å². The summed E-state index contributed by atoms with van der Waals surface area (Å²) in [7, 11) is 0. The van der Waals surface area contributed by atoms with Crippen molar-refractivity contribution in [2.24, 2.45) is 0 Å². The molecule has 0 amide bonds. The molecule has 2 aromatic heterocycles. The van der Waals surface area contributed by atoms with Gasteiger partial charge < -0.3 is 18.9 Å². The molecule has 15 aromatic rings. The van der Waals surface area contributed by atoms with E-state index in [0.29, 0.717) is 21.8 Å². The Morgan fingerprint density at radius 2 is 0.639 bits per heavy atom. The Morgan fingerprint density at radius 3 is 0.979 bits per heavy atom. The molecule has 0 atom stereocenters. The second kappa shape index (κ2) is 22.4. The third-order valence-corrected chi connectivity index (χ3v) is 20.6. The first-order valence-corrected chi connectivity index (χ1v) is 33.9. The fourth-order valence-corrected chi connectivity index (χ4v) is 15.7. The van der Waals surface area contributed by atoms with Crippen LogP contribution in [0.2, 0.25) is 0 Å². The standard InChI is InChI=1S/C92H79BN4/c1-58-77(94-79-44-26-24-38-71(79)73-54-64(90(3,4)5)46-50-81(73)94)52-48-75-86(58)96(88-67(60-30-16-12-17-31-60)40-28-41-68(88)61-32-18-13-19-33-61)83-56-66(92(9,10)11)57-84-85(83)93(75)76-49-53-78(95-80-45-27-25-39-72(80)74-55-65(91(6,7)8)47-51-82(74)95)59(2)87(76)97(84)89-69(62-34-20-14-21-35-62)42-29-43-70(89)63-36-22-15-23-37-63/h12-57H,1-11H3/i24D,25D,26D,27D,38D,39D,44D,45D. The number of benzene rings is 13. The van der Waals surface area contributed by atoms with E-state index >= 15 is 0 Å². The number of para-hydroxylation sites is 4. The first kappa shape index (κ1) is 51.5. The molecule has 470 valence electrons. The molecule has 0 saturated carbocycles. The first-order valence-electron chi connectivity index (χ1n) is 37.9. The predicted molar refractivity (Wildman–Crippen MR) is 416 cm³/mol. The van der Waals surface area contributed by atoms with Gasteiger partial charge in [-0.15, -0.1) is 0 Å². The van der Waals surface area contributed by atoms with Crippen LogP contribution in [-0.4, -0.2) is 15.8 Å². The summed E-state index contributed by atoms with van der Waals surface area (Å²) in [6, 6.07) is 80.9. The average molecular weight is 1260 g/mol. The van der Waals surface area contributed by atoms with E-state index < -0.39 is 12.1 Å². The second-order valence-corrected chi connectivity index (χ2v) is 29.5. The van der Waals surface area contributed by atoms with Crippen molar-refractivity contribution >= 4 is 101 Å². The van der Waals surface area contributed by atoms with E-state index in [9.17, 15) is 11.0 Å². The lowest BCUT2D eigenvalue weighted by Crippen LogP contribution is -2.62. The molecular weight excluding hydrogens is 1170 g/mol. The fourth-order valence-electron chi connectivity index (χ4n) is 15.7. The largest absolute Gasteiger partial charge is 0.310 e. The maximum absolute atomic E-state index is 9.98. The highest BCUT2D eigenvalue weighted by Gasteiger charge is 2.47. The fraction of sp³-hybridized carbons (Fsp3) is 0.152. The topological polar surface area (TPSA) is 16.3 Å². The summed E-state index contributed by atoms with van der Waals surface area (Å²) in [5.74, 6) is 0. The molecule has 0 N–H and O–H groups in total. The zero-order chi connectivity index (χ0) is 73.4. The van der Waals surface area contributed by atoms with Gasteiger partial charge in [0, 0.05) is 66.5 Å². The van der Waals surface area contributed by atoms with E-state index in [1.54, 1.807) is 0 Å². The minimum Gasteiger partial charge on any atom is -0.310 e. The maximum atomic E-state index is 9.98. The van der Waals surface area contributed by atoms with Crippen LogP contribution in [0.3, 0.4) is 0 Å². The summed E-state index contributed by atoms with van der Waals surface area (Å²) in [5.41, 5.74) is 24.8. The van der Waals surface area contributed by atoms with Crippen LogP contribution in [0.4, 0.5) is 34.1 Å². The number of anilines is 6. The van der Waals surface area contributed by atoms with Gasteiger partial charge in [0.05, 0.1) is 55.8 Å². The van der Waals surface area contributed by atoms with Crippen molar-refractivity contribution in [2.45, 2.75) is 92.4 Å². The third kappa shape index (κ3) is 9.48. The monoisotopic (exact) mass is 1260 g/mol. The number of rotatable bonds is 8. The van der Waals surface area contributed by atoms with Crippen LogP contribution < -0.4 is 26.2 Å². The first-order chi connectivity index (χ1) is 50.2. The Labute approximate surface area is 582 Å². The molecule has 5 heteroatoms. The smallest absolute Gasteiger partial charge is 0.252 e. The predicted octanol–water partition coefficient (Wildman–Crippen LogP) is 23.1. The molecular formula is C92H79BN4. The lowest BCUT2D eigenvalue weighted by molar-refractivity contribution is 0.590. The summed E-state index contributed by atoms with van der Waals surface area (Å²) < 4.78 is 80.8. The van der Waals surface area contributed by atoms with Crippen LogP contribution in [0.15, 0.2) is 279 Å². The normalized spacial score (nSPS) is 14.2. The van der Waals surface area contributed by atoms with E-state index in [2.05, 4.69) is 326 Å². The van der Waals surface area contributed by atoms with Crippen LogP contribution in [-0.2, 0) is 16.2 Å². The summed E-state index contributed by atoms with van der Waals surface area (Å²) in [6.45, 7) is 23.8. The van der Waals surface area contributed by atoms with Crippen LogP contribution in [0.25, 0.3) is 99.5 Å². The summed E-state index contributed by atoms with van der Waals surface area (Å²) >= 11 is 0. The van der Waals surface area contributed by atoms with Gasteiger partial charge in [-0.1, -0.05) is 281 Å². The maximum Gasteiger partial charge on any atom is 0.252 e. The summed E-state index contributed by atoms with van der Waals surface area (Å²) in [6.07, 6.45) is 0. The zero-order valence-electron chi connectivity index (χ0n) is 64.8. The van der Waals surface area contributed by atoms with E-state index in [-0.39, 0.29) is 59.2 Å². The van der Waals surface area contributed by atoms with Gasteiger partial charge in [0.25, 0.3) is 6.71 Å². The van der Waals surface area contributed by atoms with Crippen molar-refractivity contribution in [1.29, 1.82) is 0 Å². The van der Waals surface area contributed by atoms with Gasteiger partial charge >= 0.3 is 0 Å². The summed E-state index contributed by atoms with van der Waals surface area (Å²) in [5, 5.41) is 2.42. The number of hydrogen-bond donors (Lipinski definition) is 0. The molecule has 0 spiro atoms. The van der Waals surface area contributed by atoms with Gasteiger partial charge in [-0.05, 0) is 157 Å². The van der Waals surface area contributed by atoms with Crippen LogP contribution in [0.5, 0.6) is 0 Å². The molecule has 0 bridgehead atoms. The van der Waals surface area contributed by atoms with Crippen LogP contribution in [0.1, 0.15) is 101 Å². The van der Waals surface area contributed by atoms with Crippen molar-refractivity contribution in [2.75, 3.05) is 9.80 Å². The SMILES string of the molecule is [2H]c1c([2H])c([2H])c2c(c1[2H])c1cc(C(C)(C)C)ccc1n2-c1ccc2c(c1C)N(c1c(-c3ccccc3)cccc1-c1ccccc1)c1cc(C(C)(C)C)cc3c1B2c1ccc(-n2c4ccc(C(C)(C)C)cc4c4c([2H])c([2H])c([2H])c([2H])c42)c(C)c1N3c1c(-c2ccccc2)cccc1-c1ccccc1. The molecule has 2 aliphatic rings. The van der Waals surface area contributed by atoms with E-state index in [4.69, 9.17) is 0 Å². The number of hydrogen-bond acceptors (Lipinski definition) is 2. The molecule has 13 aromatic carbocycles. The molecule has 4 nitrogen and oxygen atoms in total. The molecule has 0 radical (unpaired) electrons. The Balaban J connectivity index is 1.08. The highest BCUT2D eigenvalue weighted by Crippen LogP contribution is 2.56. The van der Waals surface area contributed by atoms with Crippen molar-refractivity contribution < 1.29 is 11.0 Å². The van der Waals surface area contributed by atoms with Gasteiger partial charge in [-0.2, -0.15) is 0 Å². The Bertz CT molecular complexity index is 5680. The van der Waals surface area contributed by atoms with Gasteiger partial charge in [0.15, 0.2) is 0 Å². The number of nitrogens with zero attached hydrogens (tertiary/aromatic N) is 4.